The Morgan fingerprint density at radius 1 is 1.43 bits per heavy atom. The van der Waals surface area contributed by atoms with Gasteiger partial charge in [-0.1, -0.05) is 0 Å². The first-order valence-electron chi connectivity index (χ1n) is 5.83. The number of nitrogens with one attached hydrogen (secondary N) is 1. The van der Waals surface area contributed by atoms with Crippen molar-refractivity contribution in [3.05, 3.63) is 40.4 Å². The summed E-state index contributed by atoms with van der Waals surface area (Å²) in [6.07, 6.45) is 1.32. The molecule has 3 N–H and O–H groups in total. The first kappa shape index (κ1) is 15.5. The Balaban J connectivity index is 2.38. The number of aromatic nitrogens is 2. The van der Waals surface area contributed by atoms with E-state index >= 15 is 0 Å². The molecule has 2 aromatic rings. The standard InChI is InChI=1S/C12H13BrN4O3S/c1-7-9(3-4-11(13)15-7)16-21(19,20)8-5-10(12(14)18)17(2)6-8/h3-6,16H,1-2H3,(H2,14,18). The van der Waals surface area contributed by atoms with Crippen molar-refractivity contribution in [2.75, 3.05) is 4.72 Å². The summed E-state index contributed by atoms with van der Waals surface area (Å²) in [6.45, 7) is 1.68. The lowest BCUT2D eigenvalue weighted by molar-refractivity contribution is 0.0992. The van der Waals surface area contributed by atoms with Crippen molar-refractivity contribution < 1.29 is 13.2 Å². The lowest BCUT2D eigenvalue weighted by Gasteiger charge is -2.08. The Morgan fingerprint density at radius 3 is 2.62 bits per heavy atom. The lowest BCUT2D eigenvalue weighted by atomic mass is 10.3. The minimum absolute atomic E-state index is 0.0406. The normalized spacial score (nSPS) is 11.4. The van der Waals surface area contributed by atoms with Crippen molar-refractivity contribution >= 4 is 37.5 Å². The molecular formula is C12H13BrN4O3S. The lowest BCUT2D eigenvalue weighted by Crippen LogP contribution is -2.14. The molecule has 0 saturated heterocycles. The van der Waals surface area contributed by atoms with E-state index in [0.29, 0.717) is 16.0 Å². The molecule has 0 fully saturated rings. The summed E-state index contributed by atoms with van der Waals surface area (Å²) in [6, 6.07) is 4.46. The van der Waals surface area contributed by atoms with Gasteiger partial charge in [-0.2, -0.15) is 0 Å². The minimum atomic E-state index is -3.82. The van der Waals surface area contributed by atoms with Crippen LogP contribution in [0.5, 0.6) is 0 Å². The molecule has 0 atom stereocenters. The van der Waals surface area contributed by atoms with Gasteiger partial charge >= 0.3 is 0 Å². The zero-order valence-electron chi connectivity index (χ0n) is 11.3. The monoisotopic (exact) mass is 372 g/mol. The Hall–Kier alpha value is -1.87. The minimum Gasteiger partial charge on any atom is -0.364 e. The van der Waals surface area contributed by atoms with E-state index in [4.69, 9.17) is 5.73 Å². The summed E-state index contributed by atoms with van der Waals surface area (Å²) in [5.41, 5.74) is 6.18. The maximum atomic E-state index is 12.3. The second-order valence-corrected chi connectivity index (χ2v) is 6.90. The largest absolute Gasteiger partial charge is 0.364 e. The number of carbonyl (C=O) groups is 1. The predicted molar refractivity (Wildman–Crippen MR) is 81.4 cm³/mol. The predicted octanol–water partition coefficient (Wildman–Crippen LogP) is 1.39. The van der Waals surface area contributed by atoms with E-state index in [0.717, 1.165) is 0 Å². The molecule has 7 nitrogen and oxygen atoms in total. The van der Waals surface area contributed by atoms with Crippen molar-refractivity contribution in [3.8, 4) is 0 Å². The van der Waals surface area contributed by atoms with E-state index in [1.807, 2.05) is 0 Å². The van der Waals surface area contributed by atoms with Crippen LogP contribution in [0.4, 0.5) is 5.69 Å². The molecule has 0 aliphatic heterocycles. The number of nitrogens with zero attached hydrogens (tertiary/aromatic N) is 2. The Kier molecular flexibility index (Phi) is 4.06. The summed E-state index contributed by atoms with van der Waals surface area (Å²) >= 11 is 3.21. The summed E-state index contributed by atoms with van der Waals surface area (Å²) in [7, 11) is -2.27. The van der Waals surface area contributed by atoms with Gasteiger partial charge in [0.15, 0.2) is 0 Å². The van der Waals surface area contributed by atoms with Crippen LogP contribution in [-0.2, 0) is 17.1 Å². The number of rotatable bonds is 4. The molecule has 0 bridgehead atoms. The van der Waals surface area contributed by atoms with Crippen LogP contribution in [0.15, 0.2) is 33.9 Å². The van der Waals surface area contributed by atoms with Gasteiger partial charge in [-0.3, -0.25) is 9.52 Å². The number of halogens is 1. The molecule has 112 valence electrons. The molecule has 0 aromatic carbocycles. The van der Waals surface area contributed by atoms with Gasteiger partial charge in [0.25, 0.3) is 15.9 Å². The summed E-state index contributed by atoms with van der Waals surface area (Å²) in [5.74, 6) is -0.694. The van der Waals surface area contributed by atoms with E-state index in [1.165, 1.54) is 16.8 Å². The van der Waals surface area contributed by atoms with Gasteiger partial charge in [0, 0.05) is 13.2 Å². The van der Waals surface area contributed by atoms with E-state index in [9.17, 15) is 13.2 Å². The number of sulfonamides is 1. The van der Waals surface area contributed by atoms with Crippen molar-refractivity contribution in [3.63, 3.8) is 0 Å². The SMILES string of the molecule is Cc1nc(Br)ccc1NS(=O)(=O)c1cc(C(N)=O)n(C)c1. The second kappa shape index (κ2) is 5.49. The number of anilines is 1. The van der Waals surface area contributed by atoms with Gasteiger partial charge < -0.3 is 10.3 Å². The van der Waals surface area contributed by atoms with Crippen molar-refractivity contribution in [2.24, 2.45) is 12.8 Å². The van der Waals surface area contributed by atoms with E-state index in [2.05, 4.69) is 25.6 Å². The highest BCUT2D eigenvalue weighted by atomic mass is 79.9. The number of nitrogens with two attached hydrogens (primary N) is 1. The molecule has 0 radical (unpaired) electrons. The summed E-state index contributed by atoms with van der Waals surface area (Å²) in [4.78, 5) is 15.3. The third kappa shape index (κ3) is 3.24. The van der Waals surface area contributed by atoms with E-state index < -0.39 is 15.9 Å². The Bertz CT molecular complexity index is 814. The van der Waals surface area contributed by atoms with Gasteiger partial charge in [-0.05, 0) is 41.1 Å². The maximum absolute atomic E-state index is 12.3. The number of primary amides is 1. The molecule has 0 aliphatic carbocycles. The zero-order valence-corrected chi connectivity index (χ0v) is 13.7. The number of carbonyl (C=O) groups excluding carboxylic acids is 1. The van der Waals surface area contributed by atoms with Gasteiger partial charge in [-0.25, -0.2) is 13.4 Å². The smallest absolute Gasteiger partial charge is 0.265 e. The molecule has 21 heavy (non-hydrogen) atoms. The van der Waals surface area contributed by atoms with Crippen molar-refractivity contribution in [2.45, 2.75) is 11.8 Å². The molecule has 0 saturated carbocycles. The second-order valence-electron chi connectivity index (χ2n) is 4.41. The van der Waals surface area contributed by atoms with Gasteiger partial charge in [0.2, 0.25) is 0 Å². The molecule has 1 amide bonds. The molecule has 2 rings (SSSR count). The van der Waals surface area contributed by atoms with Gasteiger partial charge in [0.1, 0.15) is 15.2 Å². The summed E-state index contributed by atoms with van der Waals surface area (Å²) < 4.78 is 29.0. The molecule has 2 aromatic heterocycles. The van der Waals surface area contributed by atoms with Crippen molar-refractivity contribution in [1.82, 2.24) is 9.55 Å². The Labute approximate surface area is 130 Å². The zero-order chi connectivity index (χ0) is 15.8. The summed E-state index contributed by atoms with van der Waals surface area (Å²) in [5, 5.41) is 0. The van der Waals surface area contributed by atoms with E-state index in [-0.39, 0.29) is 10.6 Å². The molecule has 2 heterocycles. The van der Waals surface area contributed by atoms with Crippen LogP contribution in [0.1, 0.15) is 16.2 Å². The van der Waals surface area contributed by atoms with Crippen LogP contribution in [0.2, 0.25) is 0 Å². The molecule has 0 spiro atoms. The number of hydrogen-bond donors (Lipinski definition) is 2. The van der Waals surface area contributed by atoms with Gasteiger partial charge in [0.05, 0.1) is 11.4 Å². The highest BCUT2D eigenvalue weighted by Crippen LogP contribution is 2.21. The van der Waals surface area contributed by atoms with Crippen molar-refractivity contribution in [1.29, 1.82) is 0 Å². The fraction of sp³-hybridized carbons (Fsp3) is 0.167. The molecule has 0 unspecified atom stereocenters. The number of aryl methyl sites for hydroxylation is 2. The molecular weight excluding hydrogens is 360 g/mol. The van der Waals surface area contributed by atoms with Crippen LogP contribution in [-0.4, -0.2) is 23.9 Å². The number of pyridine rings is 1. The molecule has 9 heteroatoms. The Morgan fingerprint density at radius 2 is 2.10 bits per heavy atom. The highest BCUT2D eigenvalue weighted by molar-refractivity contribution is 9.10. The van der Waals surface area contributed by atoms with Crippen LogP contribution in [0.25, 0.3) is 0 Å². The average Bonchev–Trinajstić information content (AvgIpc) is 2.76. The van der Waals surface area contributed by atoms with Crippen LogP contribution in [0, 0.1) is 6.92 Å². The fourth-order valence-corrected chi connectivity index (χ4v) is 3.35. The topological polar surface area (TPSA) is 107 Å². The third-order valence-corrected chi connectivity index (χ3v) is 4.61. The van der Waals surface area contributed by atoms with Crippen LogP contribution >= 0.6 is 15.9 Å². The van der Waals surface area contributed by atoms with Gasteiger partial charge in [-0.15, -0.1) is 0 Å². The number of hydrogen-bond acceptors (Lipinski definition) is 4. The van der Waals surface area contributed by atoms with E-state index in [1.54, 1.807) is 26.1 Å². The maximum Gasteiger partial charge on any atom is 0.265 e. The molecule has 0 aliphatic rings. The first-order chi connectivity index (χ1) is 9.70. The number of amides is 1. The fourth-order valence-electron chi connectivity index (χ4n) is 1.77. The average molecular weight is 373 g/mol. The first-order valence-corrected chi connectivity index (χ1v) is 8.10. The highest BCUT2D eigenvalue weighted by Gasteiger charge is 2.20. The third-order valence-electron chi connectivity index (χ3n) is 2.84. The van der Waals surface area contributed by atoms with Crippen LogP contribution in [0.3, 0.4) is 0 Å². The van der Waals surface area contributed by atoms with Crippen LogP contribution < -0.4 is 10.5 Å². The quantitative estimate of drug-likeness (QED) is 0.790.